The fraction of sp³-hybridized carbons (Fsp3) is 0.333. The Kier molecular flexibility index (Phi) is 4.94. The molecule has 3 nitrogen and oxygen atoms in total. The third-order valence-corrected chi connectivity index (χ3v) is 5.16. The van der Waals surface area contributed by atoms with Gasteiger partial charge in [-0.2, -0.15) is 0 Å². The van der Waals surface area contributed by atoms with E-state index in [1.165, 1.54) is 11.3 Å². The molecule has 0 aliphatic heterocycles. The maximum Gasteiger partial charge on any atom is 0.264 e. The van der Waals surface area contributed by atoms with Gasteiger partial charge < -0.3 is 4.90 Å². The summed E-state index contributed by atoms with van der Waals surface area (Å²) in [6, 6.07) is 7.82. The molecule has 0 atom stereocenters. The molecule has 2 aromatic heterocycles. The molecule has 0 unspecified atom stereocenters. The number of aryl methyl sites for hydroxylation is 2. The molecular weight excluding hydrogens is 336 g/mol. The SMILES string of the molecule is CCN(Cc1cccc(C)n1)C(=O)c1cc(C)c(Br)s1. The standard InChI is InChI=1S/C15H17BrN2OS/c1-4-18(9-12-7-5-6-11(3)17-12)15(19)13-8-10(2)14(16)20-13/h5-8H,4,9H2,1-3H3. The van der Waals surface area contributed by atoms with Crippen LogP contribution in [0.4, 0.5) is 0 Å². The number of carbonyl (C=O) groups is 1. The van der Waals surface area contributed by atoms with Crippen LogP contribution in [0.1, 0.15) is 33.5 Å². The van der Waals surface area contributed by atoms with Crippen LogP contribution in [0.2, 0.25) is 0 Å². The van der Waals surface area contributed by atoms with Crippen molar-refractivity contribution in [3.8, 4) is 0 Å². The van der Waals surface area contributed by atoms with Crippen molar-refractivity contribution in [2.24, 2.45) is 0 Å². The van der Waals surface area contributed by atoms with E-state index in [1.54, 1.807) is 0 Å². The number of hydrogen-bond donors (Lipinski definition) is 0. The van der Waals surface area contributed by atoms with Gasteiger partial charge >= 0.3 is 0 Å². The largest absolute Gasteiger partial charge is 0.332 e. The zero-order valence-corrected chi connectivity index (χ0v) is 14.2. The zero-order valence-electron chi connectivity index (χ0n) is 11.8. The third kappa shape index (κ3) is 3.46. The molecule has 106 valence electrons. The second-order valence-corrected chi connectivity index (χ2v) is 7.03. The van der Waals surface area contributed by atoms with E-state index in [2.05, 4.69) is 20.9 Å². The molecule has 1 amide bonds. The average molecular weight is 353 g/mol. The molecule has 0 bridgehead atoms. The first kappa shape index (κ1) is 15.2. The van der Waals surface area contributed by atoms with Crippen LogP contribution < -0.4 is 0 Å². The summed E-state index contributed by atoms with van der Waals surface area (Å²) in [6.07, 6.45) is 0. The highest BCUT2D eigenvalue weighted by atomic mass is 79.9. The Morgan fingerprint density at radius 3 is 2.70 bits per heavy atom. The Hall–Kier alpha value is -1.20. The van der Waals surface area contributed by atoms with Gasteiger partial charge in [-0.1, -0.05) is 6.07 Å². The highest BCUT2D eigenvalue weighted by Gasteiger charge is 2.18. The monoisotopic (exact) mass is 352 g/mol. The number of amides is 1. The third-order valence-electron chi connectivity index (χ3n) is 3.04. The van der Waals surface area contributed by atoms with E-state index < -0.39 is 0 Å². The first-order valence-corrected chi connectivity index (χ1v) is 8.10. The van der Waals surface area contributed by atoms with Crippen LogP contribution in [0.3, 0.4) is 0 Å². The molecule has 0 saturated carbocycles. The van der Waals surface area contributed by atoms with Gasteiger partial charge in [0.15, 0.2) is 0 Å². The molecule has 20 heavy (non-hydrogen) atoms. The summed E-state index contributed by atoms with van der Waals surface area (Å²) in [6.45, 7) is 7.16. The van der Waals surface area contributed by atoms with E-state index in [0.29, 0.717) is 13.1 Å². The smallest absolute Gasteiger partial charge is 0.264 e. The lowest BCUT2D eigenvalue weighted by Gasteiger charge is -2.19. The minimum Gasteiger partial charge on any atom is -0.332 e. The predicted molar refractivity (Wildman–Crippen MR) is 86.1 cm³/mol. The molecule has 5 heteroatoms. The van der Waals surface area contributed by atoms with Gasteiger partial charge in [0, 0.05) is 12.2 Å². The van der Waals surface area contributed by atoms with Crippen LogP contribution in [0, 0.1) is 13.8 Å². The van der Waals surface area contributed by atoms with E-state index in [9.17, 15) is 4.79 Å². The highest BCUT2D eigenvalue weighted by Crippen LogP contribution is 2.28. The van der Waals surface area contributed by atoms with Gasteiger partial charge in [0.2, 0.25) is 0 Å². The number of aromatic nitrogens is 1. The maximum atomic E-state index is 12.5. The molecule has 2 aromatic rings. The van der Waals surface area contributed by atoms with Crippen molar-refractivity contribution in [3.05, 3.63) is 49.9 Å². The highest BCUT2D eigenvalue weighted by molar-refractivity contribution is 9.11. The number of hydrogen-bond acceptors (Lipinski definition) is 3. The van der Waals surface area contributed by atoms with Gasteiger partial charge in [0.25, 0.3) is 5.91 Å². The molecule has 0 fully saturated rings. The van der Waals surface area contributed by atoms with E-state index in [4.69, 9.17) is 0 Å². The molecular formula is C15H17BrN2OS. The van der Waals surface area contributed by atoms with Crippen molar-refractivity contribution >= 4 is 33.2 Å². The van der Waals surface area contributed by atoms with Crippen molar-refractivity contribution < 1.29 is 4.79 Å². The second-order valence-electron chi connectivity index (χ2n) is 4.66. The summed E-state index contributed by atoms with van der Waals surface area (Å²) >= 11 is 4.95. The summed E-state index contributed by atoms with van der Waals surface area (Å²) < 4.78 is 1.02. The Bertz CT molecular complexity index is 605. The lowest BCUT2D eigenvalue weighted by Crippen LogP contribution is -2.30. The second kappa shape index (κ2) is 6.50. The first-order chi connectivity index (χ1) is 9.51. The molecule has 0 N–H and O–H groups in total. The summed E-state index contributed by atoms with van der Waals surface area (Å²) in [5.74, 6) is 0.0645. The molecule has 0 aliphatic carbocycles. The number of nitrogens with zero attached hydrogens (tertiary/aromatic N) is 2. The Morgan fingerprint density at radius 1 is 1.40 bits per heavy atom. The average Bonchev–Trinajstić information content (AvgIpc) is 2.75. The van der Waals surface area contributed by atoms with E-state index in [-0.39, 0.29) is 5.91 Å². The van der Waals surface area contributed by atoms with Crippen LogP contribution in [0.5, 0.6) is 0 Å². The Labute approximate surface area is 131 Å². The molecule has 0 aliphatic rings. The van der Waals surface area contributed by atoms with Crippen LogP contribution in [0.15, 0.2) is 28.1 Å². The van der Waals surface area contributed by atoms with Gasteiger partial charge in [-0.25, -0.2) is 0 Å². The van der Waals surface area contributed by atoms with Crippen molar-refractivity contribution in [1.82, 2.24) is 9.88 Å². The van der Waals surface area contributed by atoms with Gasteiger partial charge in [-0.05, 0) is 60.5 Å². The first-order valence-electron chi connectivity index (χ1n) is 6.49. The molecule has 2 heterocycles. The van der Waals surface area contributed by atoms with E-state index in [0.717, 1.165) is 25.6 Å². The van der Waals surface area contributed by atoms with Crippen molar-refractivity contribution in [3.63, 3.8) is 0 Å². The minimum absolute atomic E-state index is 0.0645. The molecule has 0 saturated heterocycles. The fourth-order valence-corrected chi connectivity index (χ4v) is 3.43. The quantitative estimate of drug-likeness (QED) is 0.826. The van der Waals surface area contributed by atoms with Crippen LogP contribution >= 0.6 is 27.3 Å². The topological polar surface area (TPSA) is 33.2 Å². The Morgan fingerprint density at radius 2 is 2.15 bits per heavy atom. The lowest BCUT2D eigenvalue weighted by atomic mass is 10.2. The summed E-state index contributed by atoms with van der Waals surface area (Å²) in [4.78, 5) is 19.6. The number of halogens is 1. The number of rotatable bonds is 4. The van der Waals surface area contributed by atoms with Gasteiger partial charge in [-0.3, -0.25) is 9.78 Å². The van der Waals surface area contributed by atoms with Gasteiger partial charge in [0.1, 0.15) is 0 Å². The van der Waals surface area contributed by atoms with Crippen molar-refractivity contribution in [2.45, 2.75) is 27.3 Å². The summed E-state index contributed by atoms with van der Waals surface area (Å²) in [5.41, 5.74) is 3.00. The van der Waals surface area contributed by atoms with Crippen LogP contribution in [-0.2, 0) is 6.54 Å². The van der Waals surface area contributed by atoms with Crippen LogP contribution in [-0.4, -0.2) is 22.3 Å². The van der Waals surface area contributed by atoms with Gasteiger partial charge in [0.05, 0.1) is 20.9 Å². The van der Waals surface area contributed by atoms with Crippen molar-refractivity contribution in [2.75, 3.05) is 6.54 Å². The van der Waals surface area contributed by atoms with Crippen molar-refractivity contribution in [1.29, 1.82) is 0 Å². The normalized spacial score (nSPS) is 10.6. The maximum absolute atomic E-state index is 12.5. The molecule has 2 rings (SSSR count). The molecule has 0 radical (unpaired) electrons. The predicted octanol–water partition coefficient (Wildman–Crippen LogP) is 4.18. The lowest BCUT2D eigenvalue weighted by molar-refractivity contribution is 0.0755. The molecule has 0 spiro atoms. The van der Waals surface area contributed by atoms with E-state index >= 15 is 0 Å². The Balaban J connectivity index is 2.17. The van der Waals surface area contributed by atoms with Crippen LogP contribution in [0.25, 0.3) is 0 Å². The number of thiophene rings is 1. The summed E-state index contributed by atoms with van der Waals surface area (Å²) in [7, 11) is 0. The fourth-order valence-electron chi connectivity index (χ4n) is 1.93. The summed E-state index contributed by atoms with van der Waals surface area (Å²) in [5, 5.41) is 0. The zero-order chi connectivity index (χ0) is 14.7. The number of pyridine rings is 1. The van der Waals surface area contributed by atoms with Gasteiger partial charge in [-0.15, -0.1) is 11.3 Å². The number of carbonyl (C=O) groups excluding carboxylic acids is 1. The van der Waals surface area contributed by atoms with E-state index in [1.807, 2.05) is 49.9 Å². The molecule has 0 aromatic carbocycles. The minimum atomic E-state index is 0.0645.